The number of urea groups is 1. The quantitative estimate of drug-likeness (QED) is 0.727. The second-order valence-corrected chi connectivity index (χ2v) is 6.98. The molecule has 8 nitrogen and oxygen atoms in total. The number of fused-ring (bicyclic) bond motifs is 1. The third-order valence-electron chi connectivity index (χ3n) is 5.30. The Hall–Kier alpha value is -2.90. The number of hydrogen-bond acceptors (Lipinski definition) is 4. The molecule has 2 aliphatic rings. The summed E-state index contributed by atoms with van der Waals surface area (Å²) in [6.45, 7) is 1.73. The summed E-state index contributed by atoms with van der Waals surface area (Å²) in [7, 11) is 0. The van der Waals surface area contributed by atoms with E-state index >= 15 is 0 Å². The number of benzene rings is 1. The van der Waals surface area contributed by atoms with Crippen molar-refractivity contribution in [1.29, 1.82) is 0 Å². The summed E-state index contributed by atoms with van der Waals surface area (Å²) in [5, 5.41) is 5.51. The number of anilines is 1. The first-order chi connectivity index (χ1) is 12.9. The maximum atomic E-state index is 12.9. The van der Waals surface area contributed by atoms with E-state index in [1.54, 1.807) is 25.1 Å². The molecule has 0 aromatic heterocycles. The molecule has 1 aliphatic carbocycles. The maximum absolute atomic E-state index is 12.9. The highest BCUT2D eigenvalue weighted by Gasteiger charge is 2.46. The zero-order valence-corrected chi connectivity index (χ0v) is 15.2. The van der Waals surface area contributed by atoms with E-state index in [9.17, 15) is 19.2 Å². The van der Waals surface area contributed by atoms with Crippen LogP contribution in [0.5, 0.6) is 0 Å². The van der Waals surface area contributed by atoms with Crippen molar-refractivity contribution in [2.24, 2.45) is 11.7 Å². The lowest BCUT2D eigenvalue weighted by Crippen LogP contribution is -2.64. The molecule has 0 spiro atoms. The Morgan fingerprint density at radius 3 is 2.67 bits per heavy atom. The summed E-state index contributed by atoms with van der Waals surface area (Å²) in [5.41, 5.74) is 5.77. The number of nitrogens with zero attached hydrogens (tertiary/aromatic N) is 1. The van der Waals surface area contributed by atoms with Crippen molar-refractivity contribution in [2.45, 2.75) is 51.1 Å². The lowest BCUT2D eigenvalue weighted by molar-refractivity contribution is -0.142. The molecule has 4 N–H and O–H groups in total. The van der Waals surface area contributed by atoms with Crippen LogP contribution in [0, 0.1) is 5.92 Å². The van der Waals surface area contributed by atoms with Crippen LogP contribution < -0.4 is 16.4 Å². The van der Waals surface area contributed by atoms with Crippen molar-refractivity contribution in [3.05, 3.63) is 29.8 Å². The van der Waals surface area contributed by atoms with Crippen LogP contribution in [0.25, 0.3) is 0 Å². The summed E-state index contributed by atoms with van der Waals surface area (Å²) < 4.78 is 0. The lowest BCUT2D eigenvalue weighted by atomic mass is 9.82. The number of amides is 5. The minimum absolute atomic E-state index is 0.147. The first-order valence-corrected chi connectivity index (χ1v) is 9.27. The molecule has 1 aliphatic heterocycles. The molecule has 27 heavy (non-hydrogen) atoms. The summed E-state index contributed by atoms with van der Waals surface area (Å²) in [6, 6.07) is 4.72. The fraction of sp³-hybridized carbons (Fsp3) is 0.474. The molecule has 2 fully saturated rings. The van der Waals surface area contributed by atoms with Gasteiger partial charge in [-0.05, 0) is 31.4 Å². The Bertz CT molecular complexity index is 779. The van der Waals surface area contributed by atoms with Crippen LogP contribution in [0.3, 0.4) is 0 Å². The van der Waals surface area contributed by atoms with Gasteiger partial charge in [0.1, 0.15) is 6.04 Å². The fourth-order valence-electron chi connectivity index (χ4n) is 3.91. The van der Waals surface area contributed by atoms with E-state index in [0.717, 1.165) is 24.2 Å². The first kappa shape index (κ1) is 18.9. The van der Waals surface area contributed by atoms with Gasteiger partial charge in [0.25, 0.3) is 5.91 Å². The van der Waals surface area contributed by atoms with Gasteiger partial charge in [-0.3, -0.25) is 19.3 Å². The molecule has 1 aromatic carbocycles. The van der Waals surface area contributed by atoms with Crippen molar-refractivity contribution in [3.63, 3.8) is 0 Å². The monoisotopic (exact) mass is 372 g/mol. The van der Waals surface area contributed by atoms with E-state index in [-0.39, 0.29) is 35.5 Å². The van der Waals surface area contributed by atoms with Crippen molar-refractivity contribution >= 4 is 29.4 Å². The molecule has 5 amide bonds. The van der Waals surface area contributed by atoms with Gasteiger partial charge in [0.2, 0.25) is 11.8 Å². The van der Waals surface area contributed by atoms with Crippen LogP contribution in [0.4, 0.5) is 10.5 Å². The predicted molar refractivity (Wildman–Crippen MR) is 98.8 cm³/mol. The average molecular weight is 372 g/mol. The van der Waals surface area contributed by atoms with E-state index in [4.69, 9.17) is 5.73 Å². The highest BCUT2D eigenvalue weighted by molar-refractivity contribution is 6.08. The number of carbonyl (C=O) groups is 4. The third-order valence-corrected chi connectivity index (χ3v) is 5.30. The lowest BCUT2D eigenvalue weighted by Gasteiger charge is -2.42. The smallest absolute Gasteiger partial charge is 0.325 e. The number of hydrogen-bond donors (Lipinski definition) is 3. The minimum Gasteiger partial charge on any atom is -0.366 e. The van der Waals surface area contributed by atoms with Gasteiger partial charge in [0.15, 0.2) is 0 Å². The normalized spacial score (nSPS) is 23.2. The predicted octanol–water partition coefficient (Wildman–Crippen LogP) is 1.61. The molecule has 3 unspecified atom stereocenters. The Morgan fingerprint density at radius 1 is 1.26 bits per heavy atom. The minimum atomic E-state index is -0.957. The van der Waals surface area contributed by atoms with E-state index in [2.05, 4.69) is 10.6 Å². The van der Waals surface area contributed by atoms with Gasteiger partial charge in [-0.1, -0.05) is 31.9 Å². The van der Waals surface area contributed by atoms with Crippen molar-refractivity contribution < 1.29 is 19.2 Å². The van der Waals surface area contributed by atoms with Crippen molar-refractivity contribution in [1.82, 2.24) is 10.2 Å². The molecule has 1 saturated heterocycles. The largest absolute Gasteiger partial charge is 0.366 e. The molecule has 3 rings (SSSR count). The summed E-state index contributed by atoms with van der Waals surface area (Å²) in [6.07, 6.45) is 3.68. The van der Waals surface area contributed by atoms with Gasteiger partial charge in [-0.25, -0.2) is 4.79 Å². The highest BCUT2D eigenvalue weighted by Crippen LogP contribution is 2.30. The Morgan fingerprint density at radius 2 is 1.96 bits per heavy atom. The molecular weight excluding hydrogens is 348 g/mol. The molecule has 0 radical (unpaired) electrons. The fourth-order valence-corrected chi connectivity index (χ4v) is 3.91. The van der Waals surface area contributed by atoms with E-state index in [1.165, 1.54) is 6.07 Å². The molecular formula is C19H24N4O4. The topological polar surface area (TPSA) is 122 Å². The number of para-hydroxylation sites is 1. The van der Waals surface area contributed by atoms with Gasteiger partial charge < -0.3 is 16.4 Å². The first-order valence-electron chi connectivity index (χ1n) is 9.27. The molecule has 3 atom stereocenters. The second-order valence-electron chi connectivity index (χ2n) is 6.98. The standard InChI is InChI=1S/C19H24N4O4/c1-2-15(17(25)21-13-9-5-3-7-11(13)16(20)24)23-18(26)12-8-4-6-10-14(12)22-19(23)27/h3,5,7,9,12,14-15H,2,4,6,8,10H2,1H3,(H2,20,24)(H,21,25)(H,22,27). The van der Waals surface area contributed by atoms with Crippen LogP contribution in [0.1, 0.15) is 49.4 Å². The number of nitrogens with one attached hydrogen (secondary N) is 2. The Kier molecular flexibility index (Phi) is 5.43. The van der Waals surface area contributed by atoms with Crippen molar-refractivity contribution in [2.75, 3.05) is 5.32 Å². The van der Waals surface area contributed by atoms with E-state index < -0.39 is 23.9 Å². The summed E-state index contributed by atoms with van der Waals surface area (Å²) in [5.74, 6) is -1.77. The van der Waals surface area contributed by atoms with Gasteiger partial charge in [-0.2, -0.15) is 0 Å². The molecule has 1 aromatic rings. The molecule has 1 heterocycles. The Labute approximate surface area is 157 Å². The molecule has 8 heteroatoms. The summed E-state index contributed by atoms with van der Waals surface area (Å²) in [4.78, 5) is 50.9. The maximum Gasteiger partial charge on any atom is 0.325 e. The number of imide groups is 1. The van der Waals surface area contributed by atoms with Crippen LogP contribution in [0.2, 0.25) is 0 Å². The Balaban J connectivity index is 1.81. The molecule has 1 saturated carbocycles. The SMILES string of the molecule is CCC(C(=O)Nc1ccccc1C(N)=O)N1C(=O)NC2CCCCC2C1=O. The molecule has 144 valence electrons. The number of rotatable bonds is 5. The van der Waals surface area contributed by atoms with Crippen LogP contribution >= 0.6 is 0 Å². The van der Waals surface area contributed by atoms with E-state index in [0.29, 0.717) is 6.42 Å². The van der Waals surface area contributed by atoms with Gasteiger partial charge in [-0.15, -0.1) is 0 Å². The number of primary amides is 1. The van der Waals surface area contributed by atoms with Crippen LogP contribution in [-0.2, 0) is 9.59 Å². The van der Waals surface area contributed by atoms with E-state index in [1.807, 2.05) is 0 Å². The second kappa shape index (κ2) is 7.77. The molecule has 0 bridgehead atoms. The average Bonchev–Trinajstić information content (AvgIpc) is 2.65. The van der Waals surface area contributed by atoms with Crippen LogP contribution in [0.15, 0.2) is 24.3 Å². The number of carbonyl (C=O) groups excluding carboxylic acids is 4. The van der Waals surface area contributed by atoms with Gasteiger partial charge >= 0.3 is 6.03 Å². The zero-order valence-electron chi connectivity index (χ0n) is 15.2. The third kappa shape index (κ3) is 3.65. The highest BCUT2D eigenvalue weighted by atomic mass is 16.2. The van der Waals surface area contributed by atoms with Gasteiger partial charge in [0, 0.05) is 6.04 Å². The van der Waals surface area contributed by atoms with Crippen LogP contribution in [-0.4, -0.2) is 40.7 Å². The number of nitrogens with two attached hydrogens (primary N) is 1. The zero-order chi connectivity index (χ0) is 19.6. The van der Waals surface area contributed by atoms with Gasteiger partial charge in [0.05, 0.1) is 17.2 Å². The summed E-state index contributed by atoms with van der Waals surface area (Å²) >= 11 is 0. The van der Waals surface area contributed by atoms with Crippen molar-refractivity contribution in [3.8, 4) is 0 Å².